The molecule has 1 rings (SSSR count). The Balaban J connectivity index is 2.57. The fraction of sp³-hybridized carbons (Fsp3) is 0.556. The molecule has 0 heterocycles. The first kappa shape index (κ1) is 19.0. The summed E-state index contributed by atoms with van der Waals surface area (Å²) in [6.07, 6.45) is 2.57. The molecule has 0 aromatic heterocycles. The average molecular weight is 321 g/mol. The van der Waals surface area contributed by atoms with Crippen LogP contribution < -0.4 is 10.1 Å². The standard InChI is InChI=1S/C18H27NO4/c1-4-6-15(18(21)22)12-19-17(20)11-13(5-2)14-7-9-16(23-3)10-8-14/h7-10,13,15H,4-6,11-12H2,1-3H3,(H,19,20)(H,21,22). The Morgan fingerprint density at radius 3 is 2.35 bits per heavy atom. The number of carboxylic acids is 1. The molecule has 0 bridgehead atoms. The third-order valence-corrected chi connectivity index (χ3v) is 4.04. The van der Waals surface area contributed by atoms with E-state index in [-0.39, 0.29) is 18.4 Å². The van der Waals surface area contributed by atoms with E-state index in [0.29, 0.717) is 12.8 Å². The highest BCUT2D eigenvalue weighted by molar-refractivity contribution is 5.78. The average Bonchev–Trinajstić information content (AvgIpc) is 2.56. The largest absolute Gasteiger partial charge is 0.497 e. The van der Waals surface area contributed by atoms with Crippen molar-refractivity contribution in [3.63, 3.8) is 0 Å². The summed E-state index contributed by atoms with van der Waals surface area (Å²) in [4.78, 5) is 23.2. The number of rotatable bonds is 10. The van der Waals surface area contributed by atoms with Gasteiger partial charge in [0, 0.05) is 13.0 Å². The normalized spacial score (nSPS) is 13.2. The quantitative estimate of drug-likeness (QED) is 0.694. The zero-order valence-electron chi connectivity index (χ0n) is 14.2. The van der Waals surface area contributed by atoms with Crippen LogP contribution in [-0.2, 0) is 9.59 Å². The van der Waals surface area contributed by atoms with Crippen molar-refractivity contribution in [2.24, 2.45) is 5.92 Å². The molecule has 0 radical (unpaired) electrons. The summed E-state index contributed by atoms with van der Waals surface area (Å²) in [5.41, 5.74) is 1.09. The molecule has 0 aliphatic carbocycles. The summed E-state index contributed by atoms with van der Waals surface area (Å²) in [6, 6.07) is 7.71. The first-order chi connectivity index (χ1) is 11.0. The minimum Gasteiger partial charge on any atom is -0.497 e. The lowest BCUT2D eigenvalue weighted by Crippen LogP contribution is -2.33. The van der Waals surface area contributed by atoms with Crippen molar-refractivity contribution in [2.75, 3.05) is 13.7 Å². The Morgan fingerprint density at radius 2 is 1.87 bits per heavy atom. The van der Waals surface area contributed by atoms with Crippen molar-refractivity contribution in [2.45, 2.75) is 45.4 Å². The van der Waals surface area contributed by atoms with Crippen molar-refractivity contribution in [1.82, 2.24) is 5.32 Å². The molecule has 2 atom stereocenters. The van der Waals surface area contributed by atoms with Gasteiger partial charge in [-0.3, -0.25) is 9.59 Å². The highest BCUT2D eigenvalue weighted by Crippen LogP contribution is 2.25. The maximum atomic E-state index is 12.1. The predicted molar refractivity (Wildman–Crippen MR) is 89.7 cm³/mol. The minimum absolute atomic E-state index is 0.102. The van der Waals surface area contributed by atoms with Crippen LogP contribution in [0, 0.1) is 5.92 Å². The summed E-state index contributed by atoms with van der Waals surface area (Å²) in [5.74, 6) is -0.554. The van der Waals surface area contributed by atoms with E-state index in [0.717, 1.165) is 24.2 Å². The Hall–Kier alpha value is -2.04. The molecule has 23 heavy (non-hydrogen) atoms. The van der Waals surface area contributed by atoms with Gasteiger partial charge in [-0.05, 0) is 36.5 Å². The highest BCUT2D eigenvalue weighted by atomic mass is 16.5. The number of benzene rings is 1. The van der Waals surface area contributed by atoms with Crippen LogP contribution in [0.15, 0.2) is 24.3 Å². The smallest absolute Gasteiger partial charge is 0.308 e. The van der Waals surface area contributed by atoms with E-state index in [1.54, 1.807) is 7.11 Å². The van der Waals surface area contributed by atoms with E-state index < -0.39 is 11.9 Å². The Kier molecular flexibility index (Phi) is 8.16. The fourth-order valence-electron chi connectivity index (χ4n) is 2.57. The van der Waals surface area contributed by atoms with E-state index in [9.17, 15) is 9.59 Å². The molecule has 1 aromatic rings. The maximum absolute atomic E-state index is 12.1. The summed E-state index contributed by atoms with van der Waals surface area (Å²) in [7, 11) is 1.62. The second kappa shape index (κ2) is 9.87. The summed E-state index contributed by atoms with van der Waals surface area (Å²) in [5, 5.41) is 11.9. The van der Waals surface area contributed by atoms with E-state index >= 15 is 0 Å². The molecule has 2 N–H and O–H groups in total. The molecule has 0 spiro atoms. The van der Waals surface area contributed by atoms with Crippen LogP contribution in [-0.4, -0.2) is 30.6 Å². The van der Waals surface area contributed by atoms with Crippen molar-refractivity contribution in [3.05, 3.63) is 29.8 Å². The van der Waals surface area contributed by atoms with Gasteiger partial charge in [0.15, 0.2) is 0 Å². The number of ether oxygens (including phenoxy) is 1. The van der Waals surface area contributed by atoms with E-state index in [2.05, 4.69) is 5.32 Å². The van der Waals surface area contributed by atoms with Crippen LogP contribution in [0.2, 0.25) is 0 Å². The Bertz CT molecular complexity index is 498. The molecule has 1 aromatic carbocycles. The third-order valence-electron chi connectivity index (χ3n) is 4.04. The number of aliphatic carboxylic acids is 1. The van der Waals surface area contributed by atoms with E-state index in [1.165, 1.54) is 0 Å². The summed E-state index contributed by atoms with van der Waals surface area (Å²) >= 11 is 0. The number of carbonyl (C=O) groups excluding carboxylic acids is 1. The van der Waals surface area contributed by atoms with Gasteiger partial charge in [0.2, 0.25) is 5.91 Å². The van der Waals surface area contributed by atoms with Gasteiger partial charge in [-0.2, -0.15) is 0 Å². The number of methoxy groups -OCH3 is 1. The van der Waals surface area contributed by atoms with Gasteiger partial charge in [0.1, 0.15) is 5.75 Å². The molecule has 5 heteroatoms. The van der Waals surface area contributed by atoms with Crippen LogP contribution in [0.3, 0.4) is 0 Å². The number of nitrogens with one attached hydrogen (secondary N) is 1. The van der Waals surface area contributed by atoms with Crippen molar-refractivity contribution in [3.8, 4) is 5.75 Å². The van der Waals surface area contributed by atoms with E-state index in [4.69, 9.17) is 9.84 Å². The van der Waals surface area contributed by atoms with Crippen LogP contribution in [0.5, 0.6) is 5.75 Å². The van der Waals surface area contributed by atoms with Crippen LogP contribution in [0.4, 0.5) is 0 Å². The zero-order chi connectivity index (χ0) is 17.2. The number of amides is 1. The Morgan fingerprint density at radius 1 is 1.22 bits per heavy atom. The number of hydrogen-bond donors (Lipinski definition) is 2. The van der Waals surface area contributed by atoms with E-state index in [1.807, 2.05) is 38.1 Å². The molecule has 2 unspecified atom stereocenters. The monoisotopic (exact) mass is 321 g/mol. The molecule has 0 aliphatic rings. The SMILES string of the molecule is CCCC(CNC(=O)CC(CC)c1ccc(OC)cc1)C(=O)O. The van der Waals surface area contributed by atoms with Gasteiger partial charge in [0.05, 0.1) is 13.0 Å². The predicted octanol–water partition coefficient (Wildman–Crippen LogP) is 3.20. The molecule has 0 saturated carbocycles. The van der Waals surface area contributed by atoms with Crippen LogP contribution in [0.1, 0.15) is 51.0 Å². The zero-order valence-corrected chi connectivity index (χ0v) is 14.2. The second-order valence-corrected chi connectivity index (χ2v) is 5.71. The summed E-state index contributed by atoms with van der Waals surface area (Å²) in [6.45, 7) is 4.18. The fourth-order valence-corrected chi connectivity index (χ4v) is 2.57. The molecule has 0 aliphatic heterocycles. The molecule has 128 valence electrons. The van der Waals surface area contributed by atoms with Gasteiger partial charge in [-0.1, -0.05) is 32.4 Å². The molecular formula is C18H27NO4. The second-order valence-electron chi connectivity index (χ2n) is 5.71. The van der Waals surface area contributed by atoms with Gasteiger partial charge in [-0.25, -0.2) is 0 Å². The Labute approximate surface area is 138 Å². The van der Waals surface area contributed by atoms with Gasteiger partial charge in [-0.15, -0.1) is 0 Å². The van der Waals surface area contributed by atoms with Crippen molar-refractivity contribution < 1.29 is 19.4 Å². The highest BCUT2D eigenvalue weighted by Gasteiger charge is 2.19. The minimum atomic E-state index is -0.852. The van der Waals surface area contributed by atoms with Gasteiger partial charge < -0.3 is 15.2 Å². The number of carbonyl (C=O) groups is 2. The summed E-state index contributed by atoms with van der Waals surface area (Å²) < 4.78 is 5.14. The molecule has 5 nitrogen and oxygen atoms in total. The van der Waals surface area contributed by atoms with Crippen molar-refractivity contribution >= 4 is 11.9 Å². The molecule has 0 saturated heterocycles. The van der Waals surface area contributed by atoms with Gasteiger partial charge >= 0.3 is 5.97 Å². The first-order valence-electron chi connectivity index (χ1n) is 8.15. The lowest BCUT2D eigenvalue weighted by Gasteiger charge is -2.17. The molecule has 0 fully saturated rings. The lowest BCUT2D eigenvalue weighted by atomic mass is 9.92. The number of carboxylic acid groups (broad SMARTS) is 1. The third kappa shape index (κ3) is 6.30. The topological polar surface area (TPSA) is 75.6 Å². The van der Waals surface area contributed by atoms with Crippen LogP contribution in [0.25, 0.3) is 0 Å². The number of hydrogen-bond acceptors (Lipinski definition) is 3. The van der Waals surface area contributed by atoms with Crippen molar-refractivity contribution in [1.29, 1.82) is 0 Å². The van der Waals surface area contributed by atoms with Crippen LogP contribution >= 0.6 is 0 Å². The van der Waals surface area contributed by atoms with Gasteiger partial charge in [0.25, 0.3) is 0 Å². The maximum Gasteiger partial charge on any atom is 0.308 e. The molecular weight excluding hydrogens is 294 g/mol. The lowest BCUT2D eigenvalue weighted by molar-refractivity contribution is -0.141. The first-order valence-corrected chi connectivity index (χ1v) is 8.15. The molecule has 1 amide bonds.